The number of aromatic nitrogens is 2. The molecule has 0 spiro atoms. The van der Waals surface area contributed by atoms with Gasteiger partial charge in [0.1, 0.15) is 18.1 Å². The van der Waals surface area contributed by atoms with Gasteiger partial charge >= 0.3 is 7.82 Å². The van der Waals surface area contributed by atoms with Crippen molar-refractivity contribution in [1.29, 1.82) is 0 Å². The van der Waals surface area contributed by atoms with Crippen LogP contribution in [0, 0.1) is 0 Å². The summed E-state index contributed by atoms with van der Waals surface area (Å²) in [5, 5.41) is 9.51. The van der Waals surface area contributed by atoms with E-state index in [1.165, 1.54) is 31.3 Å². The summed E-state index contributed by atoms with van der Waals surface area (Å²) in [4.78, 5) is 95.2. The average Bonchev–Trinajstić information content (AvgIpc) is 3.65. The normalized spacial score (nSPS) is 18.1. The highest BCUT2D eigenvalue weighted by Gasteiger charge is 2.34. The molecule has 2 heterocycles. The summed E-state index contributed by atoms with van der Waals surface area (Å²) in [5.74, 6) is -4.11. The fraction of sp³-hybridized carbons (Fsp3) is 0.565. The van der Waals surface area contributed by atoms with E-state index in [0.717, 1.165) is 7.11 Å². The van der Waals surface area contributed by atoms with E-state index in [2.05, 4.69) is 47.5 Å². The number of phosphoric acid groups is 1. The number of nitrogens with zero attached hydrogens (tertiary/aromatic N) is 3. The lowest BCUT2D eigenvalue weighted by molar-refractivity contribution is -0.137. The minimum absolute atomic E-state index is 0.0525. The Morgan fingerprint density at radius 1 is 1.21 bits per heavy atom. The van der Waals surface area contributed by atoms with Crippen LogP contribution in [0.5, 0.6) is 0 Å². The van der Waals surface area contributed by atoms with Gasteiger partial charge in [0.2, 0.25) is 29.5 Å². The van der Waals surface area contributed by atoms with Crippen LogP contribution in [-0.4, -0.2) is 113 Å². The molecule has 0 radical (unpaired) electrons. The smallest absolute Gasteiger partial charge is 0.348 e. The Labute approximate surface area is 241 Å². The number of H-pyrrole nitrogens is 1. The highest BCUT2D eigenvalue weighted by atomic mass is 31.2. The van der Waals surface area contributed by atoms with E-state index in [9.17, 15) is 38.2 Å². The molecule has 5 atom stereocenters. The van der Waals surface area contributed by atoms with Crippen LogP contribution in [0.1, 0.15) is 32.4 Å². The molecular weight excluding hydrogens is 579 g/mol. The van der Waals surface area contributed by atoms with Crippen molar-refractivity contribution in [2.24, 2.45) is 4.99 Å². The van der Waals surface area contributed by atoms with Crippen molar-refractivity contribution in [1.82, 2.24) is 36.1 Å². The van der Waals surface area contributed by atoms with Crippen molar-refractivity contribution in [3.8, 4) is 0 Å². The molecule has 6 amide bonds. The van der Waals surface area contributed by atoms with Gasteiger partial charge in [0.25, 0.3) is 5.91 Å². The van der Waals surface area contributed by atoms with Gasteiger partial charge in [-0.3, -0.25) is 37.8 Å². The van der Waals surface area contributed by atoms with E-state index in [4.69, 9.17) is 4.52 Å². The Kier molecular flexibility index (Phi) is 12.9. The molecule has 2 rings (SSSR count). The van der Waals surface area contributed by atoms with E-state index in [1.807, 2.05) is 0 Å². The van der Waals surface area contributed by atoms with E-state index in [0.29, 0.717) is 25.1 Å². The first kappa shape index (κ1) is 34.2. The van der Waals surface area contributed by atoms with Crippen molar-refractivity contribution in [3.63, 3.8) is 0 Å². The summed E-state index contributed by atoms with van der Waals surface area (Å²) in [6.07, 6.45) is 2.49. The first-order chi connectivity index (χ1) is 19.8. The number of carbonyl (C=O) groups is 6. The Hall–Kier alpha value is -3.99. The highest BCUT2D eigenvalue weighted by molar-refractivity contribution is 7.47. The number of aromatic amines is 1. The molecule has 19 heteroatoms. The van der Waals surface area contributed by atoms with Gasteiger partial charge in [-0.1, -0.05) is 0 Å². The number of hydrogen-bond donors (Lipinski definition) is 6. The highest BCUT2D eigenvalue weighted by Crippen LogP contribution is 2.43. The molecule has 1 aliphatic heterocycles. The minimum atomic E-state index is -4.52. The maximum absolute atomic E-state index is 12.9. The summed E-state index contributed by atoms with van der Waals surface area (Å²) in [7, 11) is -3.61. The number of amides is 6. The van der Waals surface area contributed by atoms with Crippen LogP contribution >= 0.6 is 7.82 Å². The van der Waals surface area contributed by atoms with Crippen LogP contribution in [0.15, 0.2) is 17.5 Å². The monoisotopic (exact) mass is 614 g/mol. The van der Waals surface area contributed by atoms with Gasteiger partial charge < -0.3 is 36.0 Å². The average molecular weight is 615 g/mol. The van der Waals surface area contributed by atoms with Gasteiger partial charge in [0.05, 0.1) is 25.5 Å². The van der Waals surface area contributed by atoms with Crippen molar-refractivity contribution >= 4 is 50.0 Å². The van der Waals surface area contributed by atoms with Gasteiger partial charge in [-0.25, -0.2) is 14.5 Å². The Balaban J connectivity index is 1.99. The zero-order valence-electron chi connectivity index (χ0n) is 23.3. The molecule has 0 saturated carbocycles. The largest absolute Gasteiger partial charge is 0.472 e. The number of carbonyl (C=O) groups excluding carboxylic acids is 6. The molecule has 18 nitrogen and oxygen atoms in total. The van der Waals surface area contributed by atoms with Crippen molar-refractivity contribution in [2.75, 3.05) is 26.7 Å². The number of rotatable bonds is 15. The van der Waals surface area contributed by atoms with E-state index in [1.54, 1.807) is 0 Å². The Bertz CT molecular complexity index is 1210. The molecule has 0 aliphatic carbocycles. The third-order valence-corrected chi connectivity index (χ3v) is 7.24. The second-order valence-corrected chi connectivity index (χ2v) is 10.7. The number of nitrogens with one attached hydrogen (secondary N) is 5. The van der Waals surface area contributed by atoms with Crippen molar-refractivity contribution in [3.05, 3.63) is 18.2 Å². The Morgan fingerprint density at radius 2 is 1.88 bits per heavy atom. The lowest BCUT2D eigenvalue weighted by atomic mass is 10.1. The zero-order valence-corrected chi connectivity index (χ0v) is 24.2. The molecule has 42 heavy (non-hydrogen) atoms. The number of aliphatic imine (C=N–C) groups is 1. The number of imidazole rings is 1. The summed E-state index contributed by atoms with van der Waals surface area (Å²) < 4.78 is 20.8. The van der Waals surface area contributed by atoms with Crippen LogP contribution in [0.25, 0.3) is 0 Å². The molecule has 1 aliphatic rings. The molecule has 1 aromatic heterocycles. The van der Waals surface area contributed by atoms with Gasteiger partial charge in [-0.2, -0.15) is 0 Å². The second kappa shape index (κ2) is 15.9. The summed E-state index contributed by atoms with van der Waals surface area (Å²) in [6, 6.07) is -3.43. The predicted octanol–water partition coefficient (Wildman–Crippen LogP) is -2.46. The standard InChI is InChI=1S/C23H35N8O10P/c1-13(41-42(38,39)40-4)20(23(37)24-3)30-19(34)11-26-21(35)16(8-15-9-25-12-28-15)29-18(33)10-27-22(36)17-6-5-7-31(17)14(2)32/h9,12-13,16-17,20H,3,5-8,10-11H2,1-2,4H3,(H,25,28)(H,26,35)(H,27,36)(H,29,33)(H,30,34)(H,38,39). The van der Waals surface area contributed by atoms with Crippen LogP contribution in [0.4, 0.5) is 0 Å². The fourth-order valence-corrected chi connectivity index (χ4v) is 4.71. The summed E-state index contributed by atoms with van der Waals surface area (Å²) in [5.41, 5.74) is 0.479. The van der Waals surface area contributed by atoms with Gasteiger partial charge in [-0.05, 0) is 26.5 Å². The second-order valence-electron chi connectivity index (χ2n) is 9.21. The topological polar surface area (TPSA) is 251 Å². The van der Waals surface area contributed by atoms with Crippen LogP contribution < -0.4 is 21.3 Å². The van der Waals surface area contributed by atoms with Crippen LogP contribution in [0.3, 0.4) is 0 Å². The molecular formula is C23H35N8O10P. The first-order valence-corrected chi connectivity index (χ1v) is 14.2. The SMILES string of the molecule is C=NC(=O)C(NC(=O)CNC(=O)C(Cc1cnc[nH]1)NC(=O)CNC(=O)C1CCCN1C(C)=O)C(C)OP(=O)(O)OC. The van der Waals surface area contributed by atoms with Crippen molar-refractivity contribution < 1.29 is 47.3 Å². The first-order valence-electron chi connectivity index (χ1n) is 12.7. The predicted molar refractivity (Wildman–Crippen MR) is 145 cm³/mol. The quantitative estimate of drug-likeness (QED) is 0.0893. The van der Waals surface area contributed by atoms with E-state index < -0.39 is 74.7 Å². The van der Waals surface area contributed by atoms with Crippen LogP contribution in [-0.2, 0) is 48.8 Å². The molecule has 0 bridgehead atoms. The molecule has 1 fully saturated rings. The van der Waals surface area contributed by atoms with Gasteiger partial charge in [0.15, 0.2) is 0 Å². The summed E-state index contributed by atoms with van der Waals surface area (Å²) in [6.45, 7) is 4.96. The molecule has 0 aromatic carbocycles. The zero-order chi connectivity index (χ0) is 31.4. The minimum Gasteiger partial charge on any atom is -0.348 e. The molecule has 232 valence electrons. The number of hydrogen-bond acceptors (Lipinski definition) is 10. The molecule has 1 saturated heterocycles. The lowest BCUT2D eigenvalue weighted by Gasteiger charge is -2.24. The van der Waals surface area contributed by atoms with Gasteiger partial charge in [0, 0.05) is 38.9 Å². The molecule has 6 N–H and O–H groups in total. The number of phosphoric ester groups is 1. The van der Waals surface area contributed by atoms with E-state index >= 15 is 0 Å². The third kappa shape index (κ3) is 10.4. The van der Waals surface area contributed by atoms with Crippen LogP contribution in [0.2, 0.25) is 0 Å². The lowest BCUT2D eigenvalue weighted by Crippen LogP contribution is -2.54. The maximum atomic E-state index is 12.9. The number of likely N-dealkylation sites (tertiary alicyclic amines) is 1. The molecule has 1 aromatic rings. The molecule has 5 unspecified atom stereocenters. The van der Waals surface area contributed by atoms with Crippen molar-refractivity contribution in [2.45, 2.75) is 57.3 Å². The summed E-state index contributed by atoms with van der Waals surface area (Å²) >= 11 is 0. The van der Waals surface area contributed by atoms with Gasteiger partial charge in [-0.15, -0.1) is 0 Å². The third-order valence-electron chi connectivity index (χ3n) is 6.17. The fourth-order valence-electron chi connectivity index (χ4n) is 4.08. The van der Waals surface area contributed by atoms with E-state index in [-0.39, 0.29) is 12.3 Å². The maximum Gasteiger partial charge on any atom is 0.472 e. The Morgan fingerprint density at radius 3 is 2.48 bits per heavy atom.